The Balaban J connectivity index is 2.02. The van der Waals surface area contributed by atoms with Crippen molar-refractivity contribution in [2.45, 2.75) is 32.7 Å². The van der Waals surface area contributed by atoms with Crippen LogP contribution in [0.15, 0.2) is 46.9 Å². The molecule has 0 bridgehead atoms. The molecule has 0 saturated heterocycles. The van der Waals surface area contributed by atoms with Crippen molar-refractivity contribution in [2.24, 2.45) is 0 Å². The molecule has 2 rings (SSSR count). The Kier molecular flexibility index (Phi) is 4.77. The van der Waals surface area contributed by atoms with Crippen LogP contribution in [0, 0.1) is 0 Å². The lowest BCUT2D eigenvalue weighted by Gasteiger charge is -2.19. The summed E-state index contributed by atoms with van der Waals surface area (Å²) in [6.07, 6.45) is 0. The second kappa shape index (κ2) is 6.19. The van der Waals surface area contributed by atoms with E-state index in [4.69, 9.17) is 11.6 Å². The Morgan fingerprint density at radius 1 is 1.05 bits per heavy atom. The first-order valence-corrected chi connectivity index (χ1v) is 7.82. The van der Waals surface area contributed by atoms with Gasteiger partial charge in [-0.05, 0) is 50.7 Å². The minimum absolute atomic E-state index is 0.201. The van der Waals surface area contributed by atoms with Crippen LogP contribution in [0.25, 0.3) is 0 Å². The van der Waals surface area contributed by atoms with Crippen molar-refractivity contribution in [3.63, 3.8) is 0 Å². The van der Waals surface area contributed by atoms with Crippen LogP contribution in [0.5, 0.6) is 0 Å². The van der Waals surface area contributed by atoms with Crippen molar-refractivity contribution in [3.05, 3.63) is 63.1 Å². The van der Waals surface area contributed by atoms with Crippen molar-refractivity contribution < 1.29 is 0 Å². The molecule has 20 heavy (non-hydrogen) atoms. The molecular formula is C17H19BrClN. The maximum atomic E-state index is 5.98. The molecule has 0 aliphatic rings. The maximum Gasteiger partial charge on any atom is 0.0549 e. The Morgan fingerprint density at radius 2 is 1.70 bits per heavy atom. The van der Waals surface area contributed by atoms with E-state index in [1.54, 1.807) is 0 Å². The fraction of sp³-hybridized carbons (Fsp3) is 0.294. The SMILES string of the molecule is CC(C)(C)c1ccc(CNc2ccc(Cl)c(Br)c2)cc1. The van der Waals surface area contributed by atoms with Crippen LogP contribution >= 0.6 is 27.5 Å². The summed E-state index contributed by atoms with van der Waals surface area (Å²) >= 11 is 9.41. The van der Waals surface area contributed by atoms with Crippen LogP contribution in [0.1, 0.15) is 31.9 Å². The third-order valence-corrected chi connectivity index (χ3v) is 4.45. The van der Waals surface area contributed by atoms with Crippen LogP contribution in [-0.4, -0.2) is 0 Å². The third-order valence-electron chi connectivity index (χ3n) is 3.24. The van der Waals surface area contributed by atoms with Gasteiger partial charge in [0.1, 0.15) is 0 Å². The number of hydrogen-bond acceptors (Lipinski definition) is 1. The van der Waals surface area contributed by atoms with Gasteiger partial charge in [-0.1, -0.05) is 56.6 Å². The van der Waals surface area contributed by atoms with E-state index in [9.17, 15) is 0 Å². The van der Waals surface area contributed by atoms with E-state index in [2.05, 4.69) is 66.3 Å². The van der Waals surface area contributed by atoms with E-state index < -0.39 is 0 Å². The van der Waals surface area contributed by atoms with Crippen molar-refractivity contribution in [1.82, 2.24) is 0 Å². The van der Waals surface area contributed by atoms with Crippen LogP contribution in [0.4, 0.5) is 5.69 Å². The van der Waals surface area contributed by atoms with E-state index >= 15 is 0 Å². The van der Waals surface area contributed by atoms with Gasteiger partial charge in [0.15, 0.2) is 0 Å². The third kappa shape index (κ3) is 4.00. The highest BCUT2D eigenvalue weighted by atomic mass is 79.9. The van der Waals surface area contributed by atoms with Crippen LogP contribution in [0.2, 0.25) is 5.02 Å². The first kappa shape index (κ1) is 15.4. The minimum Gasteiger partial charge on any atom is -0.381 e. The summed E-state index contributed by atoms with van der Waals surface area (Å²) < 4.78 is 0.909. The molecule has 0 fully saturated rings. The minimum atomic E-state index is 0.201. The number of halogens is 2. The second-order valence-electron chi connectivity index (χ2n) is 5.93. The van der Waals surface area contributed by atoms with Gasteiger partial charge >= 0.3 is 0 Å². The molecule has 0 radical (unpaired) electrons. The molecule has 0 aromatic heterocycles. The maximum absolute atomic E-state index is 5.98. The van der Waals surface area contributed by atoms with E-state index in [1.165, 1.54) is 11.1 Å². The monoisotopic (exact) mass is 351 g/mol. The number of nitrogens with one attached hydrogen (secondary N) is 1. The highest BCUT2D eigenvalue weighted by molar-refractivity contribution is 9.10. The van der Waals surface area contributed by atoms with Gasteiger partial charge in [-0.25, -0.2) is 0 Å². The molecule has 3 heteroatoms. The molecule has 0 spiro atoms. The van der Waals surface area contributed by atoms with Crippen molar-refractivity contribution in [1.29, 1.82) is 0 Å². The summed E-state index contributed by atoms with van der Waals surface area (Å²) in [6.45, 7) is 7.49. The normalized spacial score (nSPS) is 11.4. The van der Waals surface area contributed by atoms with Crippen LogP contribution in [-0.2, 0) is 12.0 Å². The fourth-order valence-electron chi connectivity index (χ4n) is 1.93. The number of rotatable bonds is 3. The van der Waals surface area contributed by atoms with Gasteiger partial charge in [0.25, 0.3) is 0 Å². The van der Waals surface area contributed by atoms with Gasteiger partial charge in [0, 0.05) is 16.7 Å². The zero-order valence-electron chi connectivity index (χ0n) is 12.0. The van der Waals surface area contributed by atoms with Gasteiger partial charge in [0.05, 0.1) is 5.02 Å². The quantitative estimate of drug-likeness (QED) is 0.713. The largest absolute Gasteiger partial charge is 0.381 e. The van der Waals surface area contributed by atoms with Crippen molar-refractivity contribution in [3.8, 4) is 0 Å². The zero-order chi connectivity index (χ0) is 14.8. The molecule has 2 aromatic rings. The fourth-order valence-corrected chi connectivity index (χ4v) is 2.43. The van der Waals surface area contributed by atoms with Gasteiger partial charge in [0.2, 0.25) is 0 Å². The average Bonchev–Trinajstić information content (AvgIpc) is 2.40. The summed E-state index contributed by atoms with van der Waals surface area (Å²) in [6, 6.07) is 14.6. The molecular weight excluding hydrogens is 334 g/mol. The smallest absolute Gasteiger partial charge is 0.0549 e. The van der Waals surface area contributed by atoms with Gasteiger partial charge < -0.3 is 5.32 Å². The predicted octanol–water partition coefficient (Wildman–Crippen LogP) is 6.01. The highest BCUT2D eigenvalue weighted by Crippen LogP contribution is 2.26. The summed E-state index contributed by atoms with van der Waals surface area (Å²) in [7, 11) is 0. The van der Waals surface area contributed by atoms with Crippen molar-refractivity contribution >= 4 is 33.2 Å². The first-order chi connectivity index (χ1) is 9.36. The van der Waals surface area contributed by atoms with E-state index in [0.717, 1.165) is 21.7 Å². The lowest BCUT2D eigenvalue weighted by Crippen LogP contribution is -2.11. The molecule has 1 nitrogen and oxygen atoms in total. The molecule has 0 amide bonds. The summed E-state index contributed by atoms with van der Waals surface area (Å²) in [5.41, 5.74) is 3.88. The standard InChI is InChI=1S/C17H19BrClN/c1-17(2,3)13-6-4-12(5-7-13)11-20-14-8-9-16(19)15(18)10-14/h4-10,20H,11H2,1-3H3. The number of anilines is 1. The molecule has 0 atom stereocenters. The van der Waals surface area contributed by atoms with Gasteiger partial charge in [-0.15, -0.1) is 0 Å². The van der Waals surface area contributed by atoms with E-state index in [1.807, 2.05) is 18.2 Å². The van der Waals surface area contributed by atoms with Crippen LogP contribution in [0.3, 0.4) is 0 Å². The van der Waals surface area contributed by atoms with Gasteiger partial charge in [-0.3, -0.25) is 0 Å². The summed E-state index contributed by atoms with van der Waals surface area (Å²) in [5.74, 6) is 0. The number of benzene rings is 2. The topological polar surface area (TPSA) is 12.0 Å². The lowest BCUT2D eigenvalue weighted by molar-refractivity contribution is 0.590. The molecule has 0 aliphatic heterocycles. The van der Waals surface area contributed by atoms with Crippen molar-refractivity contribution in [2.75, 3.05) is 5.32 Å². The molecule has 0 saturated carbocycles. The Bertz CT molecular complexity index is 585. The zero-order valence-corrected chi connectivity index (χ0v) is 14.3. The Hall–Kier alpha value is -0.990. The molecule has 106 valence electrons. The number of hydrogen-bond donors (Lipinski definition) is 1. The lowest BCUT2D eigenvalue weighted by atomic mass is 9.87. The van der Waals surface area contributed by atoms with E-state index in [-0.39, 0.29) is 5.41 Å². The predicted molar refractivity (Wildman–Crippen MR) is 91.6 cm³/mol. The summed E-state index contributed by atoms with van der Waals surface area (Å²) in [5, 5.41) is 4.13. The summed E-state index contributed by atoms with van der Waals surface area (Å²) in [4.78, 5) is 0. The second-order valence-corrected chi connectivity index (χ2v) is 7.19. The molecule has 2 aromatic carbocycles. The highest BCUT2D eigenvalue weighted by Gasteiger charge is 2.12. The molecule has 0 heterocycles. The molecule has 1 N–H and O–H groups in total. The average molecular weight is 353 g/mol. The van der Waals surface area contributed by atoms with Crippen LogP contribution < -0.4 is 5.32 Å². The Labute approximate surface area is 134 Å². The molecule has 0 aliphatic carbocycles. The first-order valence-electron chi connectivity index (χ1n) is 6.64. The molecule has 0 unspecified atom stereocenters. The van der Waals surface area contributed by atoms with E-state index in [0.29, 0.717) is 0 Å². The van der Waals surface area contributed by atoms with Gasteiger partial charge in [-0.2, -0.15) is 0 Å². The Morgan fingerprint density at radius 3 is 2.25 bits per heavy atom.